The molecule has 0 bridgehead atoms. The van der Waals surface area contributed by atoms with Crippen LogP contribution in [0.25, 0.3) is 11.0 Å². The summed E-state index contributed by atoms with van der Waals surface area (Å²) in [5, 5.41) is 1.04. The second-order valence-corrected chi connectivity index (χ2v) is 7.25. The third-order valence-electron chi connectivity index (χ3n) is 3.82. The first-order valence-corrected chi connectivity index (χ1v) is 8.75. The Morgan fingerprint density at radius 3 is 2.81 bits per heavy atom. The average molecular weight is 309 g/mol. The van der Waals surface area contributed by atoms with E-state index in [1.807, 2.05) is 6.20 Å². The van der Waals surface area contributed by atoms with E-state index in [9.17, 15) is 8.42 Å². The molecule has 1 saturated heterocycles. The first-order chi connectivity index (χ1) is 10.0. The van der Waals surface area contributed by atoms with Crippen LogP contribution >= 0.6 is 0 Å². The van der Waals surface area contributed by atoms with Gasteiger partial charge >= 0.3 is 0 Å². The Hall–Kier alpha value is -1.67. The lowest BCUT2D eigenvalue weighted by Crippen LogP contribution is -2.59. The molecule has 1 fully saturated rings. The van der Waals surface area contributed by atoms with Crippen molar-refractivity contribution in [3.8, 4) is 0 Å². The molecular formula is C13H19N5O2S. The zero-order valence-electron chi connectivity index (χ0n) is 12.1. The summed E-state index contributed by atoms with van der Waals surface area (Å²) in [5.74, 6) is 0.990. The largest absolute Gasteiger partial charge is 0.353 e. The van der Waals surface area contributed by atoms with Crippen LogP contribution in [0.4, 0.5) is 5.82 Å². The SMILES string of the molecule is CCc1c[nH]c2ncnc(N3CC(NS(=O)(=O)CC)C3)c12. The van der Waals surface area contributed by atoms with Gasteiger partial charge in [-0.15, -0.1) is 0 Å². The molecule has 8 heteroatoms. The maximum Gasteiger partial charge on any atom is 0.211 e. The molecule has 0 spiro atoms. The minimum Gasteiger partial charge on any atom is -0.353 e. The molecular weight excluding hydrogens is 290 g/mol. The highest BCUT2D eigenvalue weighted by Crippen LogP contribution is 2.29. The zero-order valence-corrected chi connectivity index (χ0v) is 12.9. The number of sulfonamides is 1. The number of aryl methyl sites for hydroxylation is 1. The van der Waals surface area contributed by atoms with Gasteiger partial charge in [0.15, 0.2) is 0 Å². The molecule has 0 radical (unpaired) electrons. The second kappa shape index (κ2) is 5.27. The molecule has 0 aliphatic carbocycles. The molecule has 0 aromatic carbocycles. The molecule has 2 aromatic rings. The molecule has 0 amide bonds. The monoisotopic (exact) mass is 309 g/mol. The molecule has 0 atom stereocenters. The number of fused-ring (bicyclic) bond motifs is 1. The van der Waals surface area contributed by atoms with Crippen molar-refractivity contribution in [3.05, 3.63) is 18.1 Å². The summed E-state index contributed by atoms with van der Waals surface area (Å²) >= 11 is 0. The van der Waals surface area contributed by atoms with Crippen LogP contribution in [0.1, 0.15) is 19.4 Å². The maximum atomic E-state index is 11.6. The number of nitrogens with zero attached hydrogens (tertiary/aromatic N) is 3. The summed E-state index contributed by atoms with van der Waals surface area (Å²) in [5.41, 5.74) is 2.01. The molecule has 2 N–H and O–H groups in total. The van der Waals surface area contributed by atoms with E-state index in [-0.39, 0.29) is 11.8 Å². The topological polar surface area (TPSA) is 91.0 Å². The van der Waals surface area contributed by atoms with Gasteiger partial charge in [-0.1, -0.05) is 6.92 Å². The van der Waals surface area contributed by atoms with Crippen molar-refractivity contribution in [2.75, 3.05) is 23.7 Å². The fraction of sp³-hybridized carbons (Fsp3) is 0.538. The van der Waals surface area contributed by atoms with Crippen molar-refractivity contribution >= 4 is 26.9 Å². The van der Waals surface area contributed by atoms with Crippen molar-refractivity contribution < 1.29 is 8.42 Å². The van der Waals surface area contributed by atoms with Crippen molar-refractivity contribution in [1.29, 1.82) is 0 Å². The van der Waals surface area contributed by atoms with Gasteiger partial charge in [0.2, 0.25) is 10.0 Å². The van der Waals surface area contributed by atoms with Crippen molar-refractivity contribution in [2.45, 2.75) is 26.3 Å². The quantitative estimate of drug-likeness (QED) is 0.846. The fourth-order valence-electron chi connectivity index (χ4n) is 2.59. The van der Waals surface area contributed by atoms with Gasteiger partial charge in [0.1, 0.15) is 17.8 Å². The van der Waals surface area contributed by atoms with E-state index in [0.717, 1.165) is 23.3 Å². The summed E-state index contributed by atoms with van der Waals surface area (Å²) in [4.78, 5) is 13.9. The molecule has 2 aromatic heterocycles. The Balaban J connectivity index is 1.80. The lowest BCUT2D eigenvalue weighted by atomic mass is 10.1. The Labute approximate surface area is 123 Å². The number of anilines is 1. The summed E-state index contributed by atoms with van der Waals surface area (Å²) in [6, 6.07) is -0.0380. The zero-order chi connectivity index (χ0) is 15.0. The normalized spacial score (nSPS) is 16.4. The molecule has 7 nitrogen and oxygen atoms in total. The number of rotatable bonds is 5. The molecule has 3 rings (SSSR count). The van der Waals surface area contributed by atoms with E-state index in [0.29, 0.717) is 13.1 Å². The van der Waals surface area contributed by atoms with Crippen LogP contribution < -0.4 is 9.62 Å². The second-order valence-electron chi connectivity index (χ2n) is 5.21. The van der Waals surface area contributed by atoms with E-state index >= 15 is 0 Å². The first kappa shape index (κ1) is 14.3. The standard InChI is InChI=1S/C13H19N5O2S/c1-3-9-5-14-12-11(9)13(16-8-15-12)18-6-10(7-18)17-21(19,20)4-2/h5,8,10,17H,3-4,6-7H2,1-2H3,(H,14,15,16). The summed E-state index contributed by atoms with van der Waals surface area (Å²) in [6.07, 6.45) is 4.40. The lowest BCUT2D eigenvalue weighted by Gasteiger charge is -2.40. The minimum absolute atomic E-state index is 0.0380. The number of H-pyrrole nitrogens is 1. The van der Waals surface area contributed by atoms with Crippen molar-refractivity contribution in [1.82, 2.24) is 19.7 Å². The van der Waals surface area contributed by atoms with Gasteiger partial charge in [0.25, 0.3) is 0 Å². The highest BCUT2D eigenvalue weighted by Gasteiger charge is 2.32. The van der Waals surface area contributed by atoms with E-state index < -0.39 is 10.0 Å². The van der Waals surface area contributed by atoms with Crippen LogP contribution in [0.15, 0.2) is 12.5 Å². The van der Waals surface area contributed by atoms with E-state index in [4.69, 9.17) is 0 Å². The molecule has 0 unspecified atom stereocenters. The van der Waals surface area contributed by atoms with Gasteiger partial charge in [0, 0.05) is 19.3 Å². The van der Waals surface area contributed by atoms with Crippen LogP contribution in [0.5, 0.6) is 0 Å². The molecule has 1 aliphatic heterocycles. The van der Waals surface area contributed by atoms with Gasteiger partial charge in [-0.3, -0.25) is 0 Å². The fourth-order valence-corrected chi connectivity index (χ4v) is 3.41. The van der Waals surface area contributed by atoms with Gasteiger partial charge in [0.05, 0.1) is 17.2 Å². The van der Waals surface area contributed by atoms with Gasteiger partial charge in [-0.25, -0.2) is 23.1 Å². The average Bonchev–Trinajstić information content (AvgIpc) is 2.86. The summed E-state index contributed by atoms with van der Waals surface area (Å²) < 4.78 is 25.8. The van der Waals surface area contributed by atoms with Gasteiger partial charge < -0.3 is 9.88 Å². The molecule has 21 heavy (non-hydrogen) atoms. The number of hydrogen-bond acceptors (Lipinski definition) is 5. The van der Waals surface area contributed by atoms with Crippen LogP contribution in [0.2, 0.25) is 0 Å². The van der Waals surface area contributed by atoms with Crippen molar-refractivity contribution in [3.63, 3.8) is 0 Å². The van der Waals surface area contributed by atoms with Crippen LogP contribution in [0, 0.1) is 0 Å². The van der Waals surface area contributed by atoms with Crippen LogP contribution in [-0.2, 0) is 16.4 Å². The number of hydrogen-bond donors (Lipinski definition) is 2. The highest BCUT2D eigenvalue weighted by atomic mass is 32.2. The maximum absolute atomic E-state index is 11.6. The predicted octanol–water partition coefficient (Wildman–Crippen LogP) is 0.648. The van der Waals surface area contributed by atoms with Gasteiger partial charge in [-0.05, 0) is 18.9 Å². The Morgan fingerprint density at radius 1 is 1.38 bits per heavy atom. The van der Waals surface area contributed by atoms with Crippen LogP contribution in [-0.4, -0.2) is 48.3 Å². The van der Waals surface area contributed by atoms with Crippen molar-refractivity contribution in [2.24, 2.45) is 0 Å². The summed E-state index contributed by atoms with van der Waals surface area (Å²) in [6.45, 7) is 5.01. The molecule has 3 heterocycles. The smallest absolute Gasteiger partial charge is 0.211 e. The Morgan fingerprint density at radius 2 is 2.14 bits per heavy atom. The van der Waals surface area contributed by atoms with Gasteiger partial charge in [-0.2, -0.15) is 0 Å². The van der Waals surface area contributed by atoms with E-state index in [1.165, 1.54) is 11.9 Å². The summed E-state index contributed by atoms with van der Waals surface area (Å²) in [7, 11) is -3.15. The predicted molar refractivity (Wildman–Crippen MR) is 81.9 cm³/mol. The number of aromatic amines is 1. The van der Waals surface area contributed by atoms with E-state index in [1.54, 1.807) is 6.92 Å². The minimum atomic E-state index is -3.15. The Kier molecular flexibility index (Phi) is 3.58. The van der Waals surface area contributed by atoms with Crippen LogP contribution in [0.3, 0.4) is 0 Å². The third kappa shape index (κ3) is 2.60. The highest BCUT2D eigenvalue weighted by molar-refractivity contribution is 7.89. The van der Waals surface area contributed by atoms with E-state index in [2.05, 4.69) is 31.5 Å². The molecule has 0 saturated carbocycles. The molecule has 1 aliphatic rings. The third-order valence-corrected chi connectivity index (χ3v) is 5.27. The molecule has 114 valence electrons. The lowest BCUT2D eigenvalue weighted by molar-refractivity contribution is 0.467. The number of aromatic nitrogens is 3. The number of nitrogens with one attached hydrogen (secondary N) is 2. The first-order valence-electron chi connectivity index (χ1n) is 7.10. The Bertz CT molecular complexity index is 749.